The SMILES string of the molecule is COc1cc(C#N)ccc1CN1CC[C@@H](O)C1. The predicted octanol–water partition coefficient (Wildman–Crippen LogP) is 1.13. The molecule has 17 heavy (non-hydrogen) atoms. The third kappa shape index (κ3) is 2.76. The minimum atomic E-state index is -0.209. The van der Waals surface area contributed by atoms with E-state index in [2.05, 4.69) is 11.0 Å². The lowest BCUT2D eigenvalue weighted by molar-refractivity contribution is 0.174. The normalized spacial score (nSPS) is 20.2. The van der Waals surface area contributed by atoms with Gasteiger partial charge in [0.05, 0.1) is 24.8 Å². The summed E-state index contributed by atoms with van der Waals surface area (Å²) in [4.78, 5) is 2.19. The highest BCUT2D eigenvalue weighted by Gasteiger charge is 2.21. The van der Waals surface area contributed by atoms with Gasteiger partial charge in [-0.3, -0.25) is 4.90 Å². The topological polar surface area (TPSA) is 56.5 Å². The Balaban J connectivity index is 2.13. The summed E-state index contributed by atoms with van der Waals surface area (Å²) in [7, 11) is 1.61. The van der Waals surface area contributed by atoms with E-state index in [1.54, 1.807) is 19.2 Å². The van der Waals surface area contributed by atoms with E-state index >= 15 is 0 Å². The lowest BCUT2D eigenvalue weighted by atomic mass is 10.1. The van der Waals surface area contributed by atoms with E-state index in [0.717, 1.165) is 30.8 Å². The lowest BCUT2D eigenvalue weighted by Gasteiger charge is -2.17. The Morgan fingerprint density at radius 3 is 3.00 bits per heavy atom. The van der Waals surface area contributed by atoms with Crippen molar-refractivity contribution >= 4 is 0 Å². The van der Waals surface area contributed by atoms with Crippen LogP contribution in [-0.4, -0.2) is 36.3 Å². The molecule has 0 amide bonds. The van der Waals surface area contributed by atoms with Gasteiger partial charge in [-0.25, -0.2) is 0 Å². The minimum absolute atomic E-state index is 0.209. The van der Waals surface area contributed by atoms with Crippen molar-refractivity contribution in [2.45, 2.75) is 19.1 Å². The average Bonchev–Trinajstić information content (AvgIpc) is 2.75. The first-order valence-corrected chi connectivity index (χ1v) is 5.70. The van der Waals surface area contributed by atoms with Gasteiger partial charge in [-0.2, -0.15) is 5.26 Å². The van der Waals surface area contributed by atoms with Gasteiger partial charge in [0.15, 0.2) is 0 Å². The molecule has 0 bridgehead atoms. The van der Waals surface area contributed by atoms with Crippen molar-refractivity contribution in [3.63, 3.8) is 0 Å². The molecule has 1 atom stereocenters. The Hall–Kier alpha value is -1.57. The van der Waals surface area contributed by atoms with Crippen molar-refractivity contribution in [3.05, 3.63) is 29.3 Å². The van der Waals surface area contributed by atoms with Gasteiger partial charge >= 0.3 is 0 Å². The molecule has 0 radical (unpaired) electrons. The second-order valence-electron chi connectivity index (χ2n) is 4.32. The van der Waals surface area contributed by atoms with Gasteiger partial charge in [0.2, 0.25) is 0 Å². The largest absolute Gasteiger partial charge is 0.496 e. The van der Waals surface area contributed by atoms with E-state index in [0.29, 0.717) is 12.1 Å². The Morgan fingerprint density at radius 2 is 2.41 bits per heavy atom. The Kier molecular flexibility index (Phi) is 3.62. The number of benzene rings is 1. The highest BCUT2D eigenvalue weighted by Crippen LogP contribution is 2.23. The van der Waals surface area contributed by atoms with E-state index in [4.69, 9.17) is 10.00 Å². The number of aliphatic hydroxyl groups is 1. The van der Waals surface area contributed by atoms with Crippen LogP contribution in [0, 0.1) is 11.3 Å². The monoisotopic (exact) mass is 232 g/mol. The maximum Gasteiger partial charge on any atom is 0.124 e. The summed E-state index contributed by atoms with van der Waals surface area (Å²) in [6.07, 6.45) is 0.623. The quantitative estimate of drug-likeness (QED) is 0.849. The van der Waals surface area contributed by atoms with E-state index in [1.165, 1.54) is 0 Å². The maximum absolute atomic E-state index is 9.47. The van der Waals surface area contributed by atoms with E-state index < -0.39 is 0 Å². The molecule has 90 valence electrons. The second-order valence-corrected chi connectivity index (χ2v) is 4.32. The fourth-order valence-electron chi connectivity index (χ4n) is 2.14. The first-order valence-electron chi connectivity index (χ1n) is 5.70. The van der Waals surface area contributed by atoms with Crippen LogP contribution >= 0.6 is 0 Å². The van der Waals surface area contributed by atoms with Crippen molar-refractivity contribution in [2.75, 3.05) is 20.2 Å². The molecular weight excluding hydrogens is 216 g/mol. The first-order chi connectivity index (χ1) is 8.22. The molecule has 1 aliphatic rings. The van der Waals surface area contributed by atoms with Crippen LogP contribution in [0.2, 0.25) is 0 Å². The van der Waals surface area contributed by atoms with Crippen LogP contribution in [0.1, 0.15) is 17.5 Å². The molecule has 1 saturated heterocycles. The zero-order chi connectivity index (χ0) is 12.3. The summed E-state index contributed by atoms with van der Waals surface area (Å²) in [6.45, 7) is 2.37. The molecule has 1 heterocycles. The minimum Gasteiger partial charge on any atom is -0.496 e. The molecule has 2 rings (SSSR count). The summed E-state index contributed by atoms with van der Waals surface area (Å²) in [5, 5.41) is 18.3. The number of aliphatic hydroxyl groups excluding tert-OH is 1. The van der Waals surface area contributed by atoms with Gasteiger partial charge in [0.25, 0.3) is 0 Å². The Labute approximate surface area is 101 Å². The molecule has 1 aromatic rings. The highest BCUT2D eigenvalue weighted by atomic mass is 16.5. The van der Waals surface area contributed by atoms with Crippen molar-refractivity contribution < 1.29 is 9.84 Å². The standard InChI is InChI=1S/C13H16N2O2/c1-17-13-6-10(7-14)2-3-11(13)8-15-5-4-12(16)9-15/h2-3,6,12,16H,4-5,8-9H2,1H3/t12-/m1/s1. The van der Waals surface area contributed by atoms with Crippen LogP contribution in [0.15, 0.2) is 18.2 Å². The molecule has 1 fully saturated rings. The summed E-state index contributed by atoms with van der Waals surface area (Å²) in [5.74, 6) is 0.741. The maximum atomic E-state index is 9.47. The molecule has 1 N–H and O–H groups in total. The third-order valence-electron chi connectivity index (χ3n) is 3.06. The molecule has 0 aliphatic carbocycles. The van der Waals surface area contributed by atoms with Gasteiger partial charge in [-0.05, 0) is 18.6 Å². The number of hydrogen-bond donors (Lipinski definition) is 1. The average molecular weight is 232 g/mol. The van der Waals surface area contributed by atoms with Crippen molar-refractivity contribution in [1.29, 1.82) is 5.26 Å². The second kappa shape index (κ2) is 5.17. The highest BCUT2D eigenvalue weighted by molar-refractivity contribution is 5.42. The molecule has 4 nitrogen and oxygen atoms in total. The summed E-state index contributed by atoms with van der Waals surface area (Å²) in [5.41, 5.74) is 1.66. The van der Waals surface area contributed by atoms with E-state index in [-0.39, 0.29) is 6.10 Å². The number of likely N-dealkylation sites (tertiary alicyclic amines) is 1. The molecule has 0 unspecified atom stereocenters. The fraction of sp³-hybridized carbons (Fsp3) is 0.462. The van der Waals surface area contributed by atoms with Crippen molar-refractivity contribution in [1.82, 2.24) is 4.90 Å². The van der Waals surface area contributed by atoms with Gasteiger partial charge < -0.3 is 9.84 Å². The Morgan fingerprint density at radius 1 is 1.59 bits per heavy atom. The number of nitriles is 1. The summed E-state index contributed by atoms with van der Waals surface area (Å²) >= 11 is 0. The van der Waals surface area contributed by atoms with Crippen LogP contribution in [0.4, 0.5) is 0 Å². The van der Waals surface area contributed by atoms with Crippen molar-refractivity contribution in [2.24, 2.45) is 0 Å². The van der Waals surface area contributed by atoms with E-state index in [9.17, 15) is 5.11 Å². The first kappa shape index (κ1) is 11.9. The molecule has 0 aromatic heterocycles. The zero-order valence-electron chi connectivity index (χ0n) is 9.89. The van der Waals surface area contributed by atoms with Crippen LogP contribution in [-0.2, 0) is 6.54 Å². The molecule has 1 aliphatic heterocycles. The number of ether oxygens (including phenoxy) is 1. The van der Waals surface area contributed by atoms with Crippen LogP contribution in [0.3, 0.4) is 0 Å². The van der Waals surface area contributed by atoms with Gasteiger partial charge in [0, 0.05) is 25.2 Å². The zero-order valence-corrected chi connectivity index (χ0v) is 9.89. The van der Waals surface area contributed by atoms with E-state index in [1.807, 2.05) is 6.07 Å². The third-order valence-corrected chi connectivity index (χ3v) is 3.06. The summed E-state index contributed by atoms with van der Waals surface area (Å²) < 4.78 is 5.28. The van der Waals surface area contributed by atoms with Crippen LogP contribution in [0.25, 0.3) is 0 Å². The molecule has 0 spiro atoms. The molecule has 1 aromatic carbocycles. The molecule has 0 saturated carbocycles. The van der Waals surface area contributed by atoms with Crippen LogP contribution < -0.4 is 4.74 Å². The molecular formula is C13H16N2O2. The number of methoxy groups -OCH3 is 1. The molecule has 4 heteroatoms. The van der Waals surface area contributed by atoms with Gasteiger partial charge in [-0.1, -0.05) is 6.07 Å². The number of β-amino-alcohol motifs (C(OH)–C–C–N with tert-alkyl or cyclic N) is 1. The number of rotatable bonds is 3. The number of nitrogens with zero attached hydrogens (tertiary/aromatic N) is 2. The van der Waals surface area contributed by atoms with Gasteiger partial charge in [-0.15, -0.1) is 0 Å². The fourth-order valence-corrected chi connectivity index (χ4v) is 2.14. The number of hydrogen-bond acceptors (Lipinski definition) is 4. The smallest absolute Gasteiger partial charge is 0.124 e. The summed E-state index contributed by atoms with van der Waals surface area (Å²) in [6, 6.07) is 7.56. The van der Waals surface area contributed by atoms with Crippen LogP contribution in [0.5, 0.6) is 5.75 Å². The Bertz CT molecular complexity index is 440. The predicted molar refractivity (Wildman–Crippen MR) is 63.6 cm³/mol. The van der Waals surface area contributed by atoms with Gasteiger partial charge in [0.1, 0.15) is 5.75 Å². The lowest BCUT2D eigenvalue weighted by Crippen LogP contribution is -2.21. The van der Waals surface area contributed by atoms with Crippen molar-refractivity contribution in [3.8, 4) is 11.8 Å².